The molecule has 0 aromatic carbocycles. The van der Waals surface area contributed by atoms with E-state index < -0.39 is 28.1 Å². The van der Waals surface area contributed by atoms with Crippen molar-refractivity contribution in [2.24, 2.45) is 0 Å². The van der Waals surface area contributed by atoms with Gasteiger partial charge in [-0.05, 0) is 12.8 Å². The van der Waals surface area contributed by atoms with Gasteiger partial charge in [0.2, 0.25) is 0 Å². The number of aliphatic hydroxyl groups is 2. The van der Waals surface area contributed by atoms with Crippen molar-refractivity contribution in [1.82, 2.24) is 5.32 Å². The van der Waals surface area contributed by atoms with E-state index in [1.165, 1.54) is 0 Å². The molecule has 1 saturated carbocycles. The molecule has 0 bridgehead atoms. The molecule has 6 heteroatoms. The molecule has 2 aliphatic rings. The van der Waals surface area contributed by atoms with Gasteiger partial charge < -0.3 is 15.5 Å². The van der Waals surface area contributed by atoms with E-state index in [2.05, 4.69) is 5.32 Å². The van der Waals surface area contributed by atoms with E-state index in [0.717, 1.165) is 25.7 Å². The van der Waals surface area contributed by atoms with Gasteiger partial charge in [0.25, 0.3) is 0 Å². The summed E-state index contributed by atoms with van der Waals surface area (Å²) in [5.74, 6) is -0.176. The van der Waals surface area contributed by atoms with Crippen LogP contribution in [0.5, 0.6) is 0 Å². The molecule has 5 nitrogen and oxygen atoms in total. The van der Waals surface area contributed by atoms with Crippen LogP contribution in [0.25, 0.3) is 0 Å². The number of hydrogen-bond donors (Lipinski definition) is 3. The van der Waals surface area contributed by atoms with Crippen molar-refractivity contribution < 1.29 is 18.6 Å². The Morgan fingerprint density at radius 2 is 1.62 bits per heavy atom. The minimum Gasteiger partial charge on any atom is -0.392 e. The minimum atomic E-state index is -3.11. The van der Waals surface area contributed by atoms with Gasteiger partial charge in [0.05, 0.1) is 23.7 Å². The highest BCUT2D eigenvalue weighted by atomic mass is 32.2. The first-order valence-corrected chi connectivity index (χ1v) is 7.63. The lowest BCUT2D eigenvalue weighted by atomic mass is 9.92. The molecule has 1 saturated heterocycles. The summed E-state index contributed by atoms with van der Waals surface area (Å²) in [7, 11) is -3.11. The average Bonchev–Trinajstić information content (AvgIpc) is 2.44. The number of rotatable bonds is 2. The smallest absolute Gasteiger partial charge is 0.154 e. The molecule has 94 valence electrons. The molecule has 0 aromatic heterocycles. The lowest BCUT2D eigenvalue weighted by Gasteiger charge is -2.31. The fourth-order valence-electron chi connectivity index (χ4n) is 2.57. The topological polar surface area (TPSA) is 86.6 Å². The van der Waals surface area contributed by atoms with Crippen LogP contribution in [-0.4, -0.2) is 54.4 Å². The molecule has 4 atom stereocenters. The Kier molecular flexibility index (Phi) is 3.53. The zero-order valence-electron chi connectivity index (χ0n) is 9.17. The number of aliphatic hydroxyl groups excluding tert-OH is 2. The van der Waals surface area contributed by atoms with E-state index in [9.17, 15) is 18.6 Å². The largest absolute Gasteiger partial charge is 0.392 e. The maximum absolute atomic E-state index is 11.3. The van der Waals surface area contributed by atoms with Crippen molar-refractivity contribution in [2.75, 3.05) is 11.5 Å². The van der Waals surface area contributed by atoms with Crippen molar-refractivity contribution in [3.8, 4) is 0 Å². The molecular formula is C10H19NO4S. The van der Waals surface area contributed by atoms with Gasteiger partial charge in [-0.2, -0.15) is 0 Å². The first-order valence-electron chi connectivity index (χ1n) is 5.80. The van der Waals surface area contributed by atoms with Crippen molar-refractivity contribution >= 4 is 9.84 Å². The van der Waals surface area contributed by atoms with Crippen LogP contribution in [0.2, 0.25) is 0 Å². The first kappa shape index (κ1) is 12.3. The molecule has 3 N–H and O–H groups in total. The third kappa shape index (κ3) is 2.74. The molecule has 1 heterocycles. The Morgan fingerprint density at radius 1 is 0.938 bits per heavy atom. The van der Waals surface area contributed by atoms with Crippen LogP contribution >= 0.6 is 0 Å². The van der Waals surface area contributed by atoms with Crippen LogP contribution in [0, 0.1) is 0 Å². The van der Waals surface area contributed by atoms with Crippen molar-refractivity contribution in [1.29, 1.82) is 0 Å². The predicted molar refractivity (Wildman–Crippen MR) is 59.8 cm³/mol. The summed E-state index contributed by atoms with van der Waals surface area (Å²) in [5.41, 5.74) is 0. The third-order valence-electron chi connectivity index (χ3n) is 3.48. The summed E-state index contributed by atoms with van der Waals surface area (Å²) in [4.78, 5) is 0. The molecule has 16 heavy (non-hydrogen) atoms. The Balaban J connectivity index is 1.94. The number of nitrogens with one attached hydrogen (secondary N) is 1. The lowest BCUT2D eigenvalue weighted by Crippen LogP contribution is -2.51. The molecule has 0 radical (unpaired) electrons. The van der Waals surface area contributed by atoms with E-state index in [1.54, 1.807) is 0 Å². The van der Waals surface area contributed by atoms with Crippen molar-refractivity contribution in [3.63, 3.8) is 0 Å². The Morgan fingerprint density at radius 3 is 2.19 bits per heavy atom. The summed E-state index contributed by atoms with van der Waals surface area (Å²) < 4.78 is 22.6. The van der Waals surface area contributed by atoms with Crippen molar-refractivity contribution in [3.05, 3.63) is 0 Å². The molecule has 2 fully saturated rings. The highest BCUT2D eigenvalue weighted by Crippen LogP contribution is 2.21. The second-order valence-electron chi connectivity index (χ2n) is 4.88. The van der Waals surface area contributed by atoms with Gasteiger partial charge in [-0.1, -0.05) is 12.8 Å². The molecule has 0 aromatic rings. The lowest BCUT2D eigenvalue weighted by molar-refractivity contribution is 0.0714. The van der Waals surface area contributed by atoms with Crippen LogP contribution in [0.1, 0.15) is 25.7 Å². The summed E-state index contributed by atoms with van der Waals surface area (Å²) in [5, 5.41) is 22.5. The first-order chi connectivity index (χ1) is 7.48. The SMILES string of the molecule is O=S1(=O)CC(O)C(NC2CCCCC2O)C1. The zero-order valence-corrected chi connectivity index (χ0v) is 9.99. The quantitative estimate of drug-likeness (QED) is 0.586. The van der Waals surface area contributed by atoms with Crippen LogP contribution < -0.4 is 5.32 Å². The number of hydrogen-bond acceptors (Lipinski definition) is 5. The van der Waals surface area contributed by atoms with Gasteiger partial charge in [-0.15, -0.1) is 0 Å². The fraction of sp³-hybridized carbons (Fsp3) is 1.00. The maximum Gasteiger partial charge on any atom is 0.154 e. The standard InChI is InChI=1S/C10H19NO4S/c12-9-4-2-1-3-7(9)11-8-5-16(14,15)6-10(8)13/h7-13H,1-6H2. The number of sulfone groups is 1. The monoisotopic (exact) mass is 249 g/mol. The Bertz CT molecular complexity index is 343. The fourth-order valence-corrected chi connectivity index (χ4v) is 4.32. The average molecular weight is 249 g/mol. The van der Waals surface area contributed by atoms with E-state index in [-0.39, 0.29) is 17.5 Å². The van der Waals surface area contributed by atoms with Gasteiger partial charge in [0.15, 0.2) is 9.84 Å². The van der Waals surface area contributed by atoms with Crippen LogP contribution in [-0.2, 0) is 9.84 Å². The maximum atomic E-state index is 11.3. The minimum absolute atomic E-state index is 0.0165. The Labute approximate surface area is 95.8 Å². The summed E-state index contributed by atoms with van der Waals surface area (Å²) >= 11 is 0. The van der Waals surface area contributed by atoms with Gasteiger partial charge in [0, 0.05) is 12.1 Å². The second-order valence-corrected chi connectivity index (χ2v) is 7.03. The third-order valence-corrected chi connectivity index (χ3v) is 5.20. The molecule has 4 unspecified atom stereocenters. The van der Waals surface area contributed by atoms with Crippen LogP contribution in [0.3, 0.4) is 0 Å². The van der Waals surface area contributed by atoms with E-state index in [4.69, 9.17) is 0 Å². The highest BCUT2D eigenvalue weighted by Gasteiger charge is 2.38. The summed E-state index contributed by atoms with van der Waals surface area (Å²) in [6.45, 7) is 0. The normalized spacial score (nSPS) is 43.4. The zero-order chi connectivity index (χ0) is 11.8. The summed E-state index contributed by atoms with van der Waals surface area (Å²) in [6.07, 6.45) is 2.43. The van der Waals surface area contributed by atoms with Gasteiger partial charge in [-0.25, -0.2) is 8.42 Å². The van der Waals surface area contributed by atoms with E-state index in [0.29, 0.717) is 0 Å². The van der Waals surface area contributed by atoms with Crippen LogP contribution in [0.4, 0.5) is 0 Å². The molecular weight excluding hydrogens is 230 g/mol. The highest BCUT2D eigenvalue weighted by molar-refractivity contribution is 7.91. The predicted octanol–water partition coefficient (Wildman–Crippen LogP) is -0.963. The van der Waals surface area contributed by atoms with E-state index in [1.807, 2.05) is 0 Å². The Hall–Kier alpha value is -0.170. The second kappa shape index (κ2) is 4.60. The van der Waals surface area contributed by atoms with Crippen molar-refractivity contribution in [2.45, 2.75) is 50.0 Å². The van der Waals surface area contributed by atoms with Crippen LogP contribution in [0.15, 0.2) is 0 Å². The van der Waals surface area contributed by atoms with Gasteiger partial charge in [0.1, 0.15) is 0 Å². The molecule has 1 aliphatic carbocycles. The van der Waals surface area contributed by atoms with Gasteiger partial charge in [-0.3, -0.25) is 0 Å². The molecule has 2 rings (SSSR count). The van der Waals surface area contributed by atoms with Gasteiger partial charge >= 0.3 is 0 Å². The summed E-state index contributed by atoms with van der Waals surface area (Å²) in [6, 6.07) is -0.482. The van der Waals surface area contributed by atoms with E-state index >= 15 is 0 Å². The molecule has 0 amide bonds. The molecule has 1 aliphatic heterocycles. The molecule has 0 spiro atoms.